The number of ketones is 1. The number of allylic oxidation sites excluding steroid dienone is 3. The highest BCUT2D eigenvalue weighted by Crippen LogP contribution is 2.46. The second-order valence-electron chi connectivity index (χ2n) is 8.58. The molecule has 0 spiro atoms. The predicted molar refractivity (Wildman–Crippen MR) is 138 cm³/mol. The lowest BCUT2D eigenvalue weighted by molar-refractivity contribution is -0.140. The molecule has 0 saturated heterocycles. The summed E-state index contributed by atoms with van der Waals surface area (Å²) in [6.07, 6.45) is 0.955. The van der Waals surface area contributed by atoms with Crippen LogP contribution in [0.4, 0.5) is 0 Å². The monoisotopic (exact) mass is 533 g/mol. The summed E-state index contributed by atoms with van der Waals surface area (Å²) in [4.78, 5) is 26.8. The Labute approximate surface area is 220 Å². The molecule has 1 aliphatic heterocycles. The van der Waals surface area contributed by atoms with Crippen molar-refractivity contribution in [3.8, 4) is 0 Å². The molecule has 1 heterocycles. The first-order valence-electron chi connectivity index (χ1n) is 11.5. The van der Waals surface area contributed by atoms with Crippen LogP contribution < -0.4 is 5.32 Å². The lowest BCUT2D eigenvalue weighted by atomic mass is 9.72. The number of carbonyl (C=O) groups is 2. The zero-order valence-electron chi connectivity index (χ0n) is 19.5. The fourth-order valence-corrected chi connectivity index (χ4v) is 5.15. The maximum atomic E-state index is 13.6. The average molecular weight is 535 g/mol. The molecule has 0 fully saturated rings. The third-order valence-electron chi connectivity index (χ3n) is 6.33. The lowest BCUT2D eigenvalue weighted by Crippen LogP contribution is -2.36. The van der Waals surface area contributed by atoms with Crippen molar-refractivity contribution in [3.05, 3.63) is 91.2 Å². The van der Waals surface area contributed by atoms with Crippen LogP contribution in [0.3, 0.4) is 0 Å². The van der Waals surface area contributed by atoms with Gasteiger partial charge < -0.3 is 14.8 Å². The summed E-state index contributed by atoms with van der Waals surface area (Å²) in [5, 5.41) is 4.75. The minimum absolute atomic E-state index is 0.00738. The number of carbonyl (C=O) groups excluding carboxylic acids is 2. The van der Waals surface area contributed by atoms with E-state index in [-0.39, 0.29) is 18.3 Å². The van der Waals surface area contributed by atoms with Gasteiger partial charge in [0.15, 0.2) is 5.78 Å². The maximum Gasteiger partial charge on any atom is 0.336 e. The Morgan fingerprint density at radius 2 is 1.71 bits per heavy atom. The Hall–Kier alpha value is -2.31. The number of hydrogen-bond acceptors (Lipinski definition) is 5. The van der Waals surface area contributed by atoms with Crippen molar-refractivity contribution in [2.75, 3.05) is 19.8 Å². The molecular weight excluding hydrogens is 509 g/mol. The zero-order valence-corrected chi connectivity index (χ0v) is 21.8. The SMILES string of the molecule is CCOCCOC(=O)C1=C(C)NC2=C(C(=O)C[C@H](c3ccc(Cl)cc3)C2)[C@H]1c1ccc(Cl)c(Cl)c1. The van der Waals surface area contributed by atoms with Gasteiger partial charge in [0.05, 0.1) is 22.2 Å². The molecule has 1 N–H and O–H groups in total. The summed E-state index contributed by atoms with van der Waals surface area (Å²) in [7, 11) is 0. The minimum Gasteiger partial charge on any atom is -0.460 e. The van der Waals surface area contributed by atoms with Crippen molar-refractivity contribution in [2.24, 2.45) is 0 Å². The van der Waals surface area contributed by atoms with E-state index in [4.69, 9.17) is 44.3 Å². The predicted octanol–water partition coefficient (Wildman–Crippen LogP) is 6.59. The van der Waals surface area contributed by atoms with Crippen molar-refractivity contribution in [2.45, 2.75) is 38.5 Å². The molecule has 0 saturated carbocycles. The Kier molecular flexibility index (Phi) is 8.23. The third-order valence-corrected chi connectivity index (χ3v) is 7.32. The molecule has 0 bridgehead atoms. The standard InChI is InChI=1S/C27H26Cl3NO4/c1-3-34-10-11-35-27(33)24-15(2)31-22-13-18(16-4-7-19(28)8-5-16)14-23(32)26(22)25(24)17-6-9-20(29)21(30)12-17/h4-9,12,18,25,31H,3,10-11,13-14H2,1-2H3/t18-,25+/m1/s1. The third kappa shape index (κ3) is 5.59. The number of esters is 1. The van der Waals surface area contributed by atoms with Crippen LogP contribution in [0.15, 0.2) is 65.0 Å². The molecule has 184 valence electrons. The van der Waals surface area contributed by atoms with Crippen LogP contribution in [-0.4, -0.2) is 31.6 Å². The van der Waals surface area contributed by atoms with Gasteiger partial charge in [0, 0.05) is 40.9 Å². The number of rotatable bonds is 7. The van der Waals surface area contributed by atoms with Crippen LogP contribution in [0.5, 0.6) is 0 Å². The van der Waals surface area contributed by atoms with Gasteiger partial charge in [-0.1, -0.05) is 53.0 Å². The zero-order chi connectivity index (χ0) is 25.1. The van der Waals surface area contributed by atoms with Crippen molar-refractivity contribution in [1.82, 2.24) is 5.32 Å². The van der Waals surface area contributed by atoms with Crippen LogP contribution in [0.2, 0.25) is 15.1 Å². The Bertz CT molecular complexity index is 1200. The number of hydrogen-bond donors (Lipinski definition) is 1. The van der Waals surface area contributed by atoms with Crippen LogP contribution in [0, 0.1) is 0 Å². The van der Waals surface area contributed by atoms with Crippen molar-refractivity contribution in [1.29, 1.82) is 0 Å². The lowest BCUT2D eigenvalue weighted by Gasteiger charge is -2.36. The first-order chi connectivity index (χ1) is 16.8. The molecule has 2 aromatic carbocycles. The molecule has 0 amide bonds. The largest absolute Gasteiger partial charge is 0.460 e. The first-order valence-corrected chi connectivity index (χ1v) is 12.6. The molecule has 0 radical (unpaired) electrons. The normalized spacial score (nSPS) is 20.0. The van der Waals surface area contributed by atoms with Crippen LogP contribution in [-0.2, 0) is 19.1 Å². The van der Waals surface area contributed by atoms with Gasteiger partial charge in [0.25, 0.3) is 0 Å². The van der Waals surface area contributed by atoms with Crippen molar-refractivity contribution < 1.29 is 19.1 Å². The topological polar surface area (TPSA) is 64.6 Å². The molecule has 2 atom stereocenters. The fourth-order valence-electron chi connectivity index (χ4n) is 4.72. The van der Waals surface area contributed by atoms with Gasteiger partial charge in [-0.05, 0) is 61.6 Å². The van der Waals surface area contributed by atoms with Crippen LogP contribution in [0.1, 0.15) is 49.7 Å². The van der Waals surface area contributed by atoms with E-state index in [0.717, 1.165) is 11.3 Å². The number of Topliss-reactive ketones (excluding diaryl/α,β-unsaturated/α-hetero) is 1. The van der Waals surface area contributed by atoms with E-state index in [1.165, 1.54) is 0 Å². The second-order valence-corrected chi connectivity index (χ2v) is 9.83. The maximum absolute atomic E-state index is 13.6. The summed E-state index contributed by atoms with van der Waals surface area (Å²) >= 11 is 18.5. The molecule has 1 aliphatic carbocycles. The Morgan fingerprint density at radius 3 is 2.40 bits per heavy atom. The molecule has 2 aliphatic rings. The molecule has 0 aromatic heterocycles. The second kappa shape index (κ2) is 11.2. The molecule has 8 heteroatoms. The molecular formula is C27H26Cl3NO4. The Balaban J connectivity index is 1.73. The molecule has 5 nitrogen and oxygen atoms in total. The molecule has 2 aromatic rings. The van der Waals surface area contributed by atoms with E-state index < -0.39 is 11.9 Å². The number of halogens is 3. The van der Waals surface area contributed by atoms with Crippen LogP contribution >= 0.6 is 34.8 Å². The van der Waals surface area contributed by atoms with E-state index in [1.807, 2.05) is 38.1 Å². The smallest absolute Gasteiger partial charge is 0.336 e. The number of nitrogens with one attached hydrogen (secondary N) is 1. The molecule has 0 unspecified atom stereocenters. The highest BCUT2D eigenvalue weighted by molar-refractivity contribution is 6.42. The fraction of sp³-hybridized carbons (Fsp3) is 0.333. The van der Waals surface area contributed by atoms with Gasteiger partial charge in [-0.25, -0.2) is 4.79 Å². The van der Waals surface area contributed by atoms with E-state index in [9.17, 15) is 9.59 Å². The highest BCUT2D eigenvalue weighted by atomic mass is 35.5. The number of benzene rings is 2. The van der Waals surface area contributed by atoms with Gasteiger partial charge in [-0.2, -0.15) is 0 Å². The van der Waals surface area contributed by atoms with E-state index in [1.54, 1.807) is 18.2 Å². The first kappa shape index (κ1) is 25.8. The van der Waals surface area contributed by atoms with Crippen LogP contribution in [0.25, 0.3) is 0 Å². The summed E-state index contributed by atoms with van der Waals surface area (Å²) in [6.45, 7) is 4.65. The quantitative estimate of drug-likeness (QED) is 0.321. The van der Waals surface area contributed by atoms with E-state index in [0.29, 0.717) is 63.5 Å². The summed E-state index contributed by atoms with van der Waals surface area (Å²) < 4.78 is 10.8. The number of ether oxygens (including phenoxy) is 2. The van der Waals surface area contributed by atoms with E-state index >= 15 is 0 Å². The molecule has 4 rings (SSSR count). The molecule has 35 heavy (non-hydrogen) atoms. The van der Waals surface area contributed by atoms with E-state index in [2.05, 4.69) is 5.32 Å². The minimum atomic E-state index is -0.612. The Morgan fingerprint density at radius 1 is 1.00 bits per heavy atom. The van der Waals surface area contributed by atoms with Gasteiger partial charge in [-0.3, -0.25) is 4.79 Å². The number of dihydropyridines is 1. The summed E-state index contributed by atoms with van der Waals surface area (Å²) in [5.74, 6) is -1.13. The van der Waals surface area contributed by atoms with Gasteiger partial charge >= 0.3 is 5.97 Å². The van der Waals surface area contributed by atoms with Crippen molar-refractivity contribution in [3.63, 3.8) is 0 Å². The van der Waals surface area contributed by atoms with Gasteiger partial charge in [-0.15, -0.1) is 0 Å². The summed E-state index contributed by atoms with van der Waals surface area (Å²) in [5.41, 5.74) is 4.16. The van der Waals surface area contributed by atoms with Gasteiger partial charge in [0.2, 0.25) is 0 Å². The summed E-state index contributed by atoms with van der Waals surface area (Å²) in [6, 6.07) is 12.8. The highest BCUT2D eigenvalue weighted by Gasteiger charge is 2.41. The van der Waals surface area contributed by atoms with Crippen molar-refractivity contribution >= 4 is 46.6 Å². The average Bonchev–Trinajstić information content (AvgIpc) is 2.83. The van der Waals surface area contributed by atoms with Gasteiger partial charge in [0.1, 0.15) is 6.61 Å².